The quantitative estimate of drug-likeness (QED) is 0.591. The normalized spacial score (nSPS) is 25.2. The summed E-state index contributed by atoms with van der Waals surface area (Å²) < 4.78 is 6.17. The zero-order valence-corrected chi connectivity index (χ0v) is 14.6. The van der Waals surface area contributed by atoms with Crippen LogP contribution in [0.1, 0.15) is 55.5 Å². The maximum Gasteiger partial charge on any atom is 0.163 e. The van der Waals surface area contributed by atoms with E-state index in [-0.39, 0.29) is 29.8 Å². The highest BCUT2D eigenvalue weighted by Crippen LogP contribution is 2.30. The van der Waals surface area contributed by atoms with Crippen molar-refractivity contribution in [1.82, 2.24) is 0 Å². The van der Waals surface area contributed by atoms with Crippen molar-refractivity contribution in [3.63, 3.8) is 0 Å². The van der Waals surface area contributed by atoms with Crippen LogP contribution in [0.2, 0.25) is 0 Å². The van der Waals surface area contributed by atoms with Crippen molar-refractivity contribution in [2.24, 2.45) is 5.92 Å². The molecular formula is C20H28O4. The number of carbonyl (C=O) groups excluding carboxylic acids is 1. The Hall–Kier alpha value is -1.65. The van der Waals surface area contributed by atoms with Gasteiger partial charge in [-0.15, -0.1) is 6.58 Å². The largest absolute Gasteiger partial charge is 0.507 e. The van der Waals surface area contributed by atoms with Crippen molar-refractivity contribution in [2.45, 2.75) is 64.3 Å². The van der Waals surface area contributed by atoms with E-state index in [4.69, 9.17) is 4.74 Å². The Morgan fingerprint density at radius 1 is 1.42 bits per heavy atom. The van der Waals surface area contributed by atoms with Crippen LogP contribution in [0.3, 0.4) is 0 Å². The van der Waals surface area contributed by atoms with Gasteiger partial charge in [-0.25, -0.2) is 0 Å². The number of aromatic hydroxyl groups is 1. The highest BCUT2D eigenvalue weighted by atomic mass is 16.5. The van der Waals surface area contributed by atoms with Gasteiger partial charge in [-0.1, -0.05) is 25.1 Å². The lowest BCUT2D eigenvalue weighted by atomic mass is 9.90. The van der Waals surface area contributed by atoms with E-state index >= 15 is 0 Å². The number of rotatable bonds is 7. The van der Waals surface area contributed by atoms with Crippen molar-refractivity contribution in [3.8, 4) is 5.75 Å². The van der Waals surface area contributed by atoms with Crippen LogP contribution in [0.25, 0.3) is 0 Å². The molecule has 1 aliphatic rings. The Morgan fingerprint density at radius 2 is 2.12 bits per heavy atom. The molecule has 0 radical (unpaired) electrons. The summed E-state index contributed by atoms with van der Waals surface area (Å²) in [7, 11) is 0. The molecule has 2 rings (SSSR count). The fourth-order valence-corrected chi connectivity index (χ4v) is 3.61. The summed E-state index contributed by atoms with van der Waals surface area (Å²) in [5.74, 6) is 0.315. The molecule has 0 bridgehead atoms. The van der Waals surface area contributed by atoms with Crippen LogP contribution in [0.15, 0.2) is 30.9 Å². The minimum atomic E-state index is -0.386. The second-order valence-corrected chi connectivity index (χ2v) is 6.94. The predicted octanol–water partition coefficient (Wildman–Crippen LogP) is 3.65. The Bertz CT molecular complexity index is 581. The number of phenols is 1. The number of phenolic OH excluding ortho intramolecular Hbond substituents is 1. The SMILES string of the molecule is C=CCC(C)CC1CC(O)CC(Cc2cccc(O)c2C(C)=O)O1. The van der Waals surface area contributed by atoms with Gasteiger partial charge in [0.1, 0.15) is 5.75 Å². The minimum absolute atomic E-state index is 0.00696. The van der Waals surface area contributed by atoms with Gasteiger partial charge in [0.25, 0.3) is 0 Å². The van der Waals surface area contributed by atoms with Crippen LogP contribution in [-0.4, -0.2) is 34.3 Å². The van der Waals surface area contributed by atoms with Crippen molar-refractivity contribution < 1.29 is 19.7 Å². The second-order valence-electron chi connectivity index (χ2n) is 6.94. The van der Waals surface area contributed by atoms with Gasteiger partial charge in [0, 0.05) is 0 Å². The number of aliphatic hydroxyl groups excluding tert-OH is 1. The number of benzene rings is 1. The Labute approximate surface area is 144 Å². The molecule has 132 valence electrons. The number of ether oxygens (including phenoxy) is 1. The number of aliphatic hydroxyl groups is 1. The monoisotopic (exact) mass is 332 g/mol. The fraction of sp³-hybridized carbons (Fsp3) is 0.550. The predicted molar refractivity (Wildman–Crippen MR) is 94.3 cm³/mol. The molecule has 24 heavy (non-hydrogen) atoms. The van der Waals surface area contributed by atoms with Crippen LogP contribution in [0, 0.1) is 5.92 Å². The first-order valence-corrected chi connectivity index (χ1v) is 8.66. The van der Waals surface area contributed by atoms with Crippen LogP contribution in [0.5, 0.6) is 5.75 Å². The minimum Gasteiger partial charge on any atom is -0.507 e. The molecule has 2 N–H and O–H groups in total. The van der Waals surface area contributed by atoms with E-state index in [1.54, 1.807) is 6.07 Å². The van der Waals surface area contributed by atoms with E-state index in [9.17, 15) is 15.0 Å². The Balaban J connectivity index is 2.08. The zero-order valence-electron chi connectivity index (χ0n) is 14.6. The van der Waals surface area contributed by atoms with E-state index in [1.807, 2.05) is 12.1 Å². The molecular weight excluding hydrogens is 304 g/mol. The van der Waals surface area contributed by atoms with Gasteiger partial charge in [0.2, 0.25) is 0 Å². The molecule has 1 heterocycles. The third-order valence-corrected chi connectivity index (χ3v) is 4.62. The summed E-state index contributed by atoms with van der Waals surface area (Å²) in [5, 5.41) is 20.1. The van der Waals surface area contributed by atoms with Crippen molar-refractivity contribution in [1.29, 1.82) is 0 Å². The van der Waals surface area contributed by atoms with E-state index in [2.05, 4.69) is 13.5 Å². The van der Waals surface area contributed by atoms with Crippen LogP contribution in [-0.2, 0) is 11.2 Å². The smallest absolute Gasteiger partial charge is 0.163 e. The molecule has 4 nitrogen and oxygen atoms in total. The Morgan fingerprint density at radius 3 is 2.79 bits per heavy atom. The molecule has 4 unspecified atom stereocenters. The van der Waals surface area contributed by atoms with Gasteiger partial charge < -0.3 is 14.9 Å². The summed E-state index contributed by atoms with van der Waals surface area (Å²) in [6.45, 7) is 7.38. The lowest BCUT2D eigenvalue weighted by Crippen LogP contribution is -2.37. The molecule has 0 aliphatic carbocycles. The molecule has 1 saturated heterocycles. The zero-order chi connectivity index (χ0) is 17.7. The molecule has 1 aromatic rings. The first-order valence-electron chi connectivity index (χ1n) is 8.66. The number of allylic oxidation sites excluding steroid dienone is 1. The highest BCUT2D eigenvalue weighted by molar-refractivity contribution is 5.98. The lowest BCUT2D eigenvalue weighted by Gasteiger charge is -2.34. The molecule has 0 saturated carbocycles. The number of ketones is 1. The third kappa shape index (κ3) is 4.92. The van der Waals surface area contributed by atoms with E-state index in [0.717, 1.165) is 18.4 Å². The maximum atomic E-state index is 11.8. The molecule has 0 aromatic heterocycles. The highest BCUT2D eigenvalue weighted by Gasteiger charge is 2.30. The van der Waals surface area contributed by atoms with Crippen molar-refractivity contribution >= 4 is 5.78 Å². The van der Waals surface area contributed by atoms with Crippen molar-refractivity contribution in [3.05, 3.63) is 42.0 Å². The molecule has 1 aliphatic heterocycles. The van der Waals surface area contributed by atoms with Crippen LogP contribution >= 0.6 is 0 Å². The van der Waals surface area contributed by atoms with Gasteiger partial charge in [0.05, 0.1) is 23.9 Å². The number of hydrogen-bond acceptors (Lipinski definition) is 4. The topological polar surface area (TPSA) is 66.8 Å². The fourth-order valence-electron chi connectivity index (χ4n) is 3.61. The maximum absolute atomic E-state index is 11.8. The molecule has 1 fully saturated rings. The molecule has 4 heteroatoms. The van der Waals surface area contributed by atoms with Crippen LogP contribution in [0.4, 0.5) is 0 Å². The van der Waals surface area contributed by atoms with Crippen LogP contribution < -0.4 is 0 Å². The molecule has 1 aromatic carbocycles. The van der Waals surface area contributed by atoms with Crippen molar-refractivity contribution in [2.75, 3.05) is 0 Å². The van der Waals surface area contributed by atoms with Gasteiger partial charge in [-0.2, -0.15) is 0 Å². The summed E-state index contributed by atoms with van der Waals surface area (Å²) in [4.78, 5) is 11.8. The average molecular weight is 332 g/mol. The molecule has 4 atom stereocenters. The standard InChI is InChI=1S/C20H28O4/c1-4-6-13(2)9-17-11-16(22)12-18(24-17)10-15-7-5-8-19(23)20(15)14(3)21/h4-5,7-8,13,16-18,22-23H,1,6,9-12H2,2-3H3. The first kappa shape index (κ1) is 18.7. The average Bonchev–Trinajstić information content (AvgIpc) is 2.46. The van der Waals surface area contributed by atoms with Gasteiger partial charge in [-0.05, 0) is 56.6 Å². The number of hydrogen-bond donors (Lipinski definition) is 2. The van der Waals surface area contributed by atoms with E-state index in [1.165, 1.54) is 13.0 Å². The van der Waals surface area contributed by atoms with Gasteiger partial charge in [-0.3, -0.25) is 4.79 Å². The van der Waals surface area contributed by atoms with Gasteiger partial charge >= 0.3 is 0 Å². The Kier molecular flexibility index (Phi) is 6.58. The summed E-state index contributed by atoms with van der Waals surface area (Å²) in [6.07, 6.45) is 4.95. The summed E-state index contributed by atoms with van der Waals surface area (Å²) in [5.41, 5.74) is 1.14. The third-order valence-electron chi connectivity index (χ3n) is 4.62. The second kappa shape index (κ2) is 8.45. The van der Waals surface area contributed by atoms with E-state index < -0.39 is 0 Å². The summed E-state index contributed by atoms with van der Waals surface area (Å²) >= 11 is 0. The molecule has 0 spiro atoms. The lowest BCUT2D eigenvalue weighted by molar-refractivity contribution is -0.101. The van der Waals surface area contributed by atoms with E-state index in [0.29, 0.717) is 30.7 Å². The number of carbonyl (C=O) groups is 1. The van der Waals surface area contributed by atoms with Gasteiger partial charge in [0.15, 0.2) is 5.78 Å². The molecule has 0 amide bonds. The first-order chi connectivity index (χ1) is 11.4. The summed E-state index contributed by atoms with van der Waals surface area (Å²) in [6, 6.07) is 5.10. The number of Topliss-reactive ketones (excluding diaryl/α,β-unsaturated/α-hetero) is 1.